The van der Waals surface area contributed by atoms with Gasteiger partial charge in [-0.1, -0.05) is 44.2 Å². The topological polar surface area (TPSA) is 106 Å². The van der Waals surface area contributed by atoms with Crippen molar-refractivity contribution >= 4 is 17.8 Å². The molecule has 0 saturated carbocycles. The lowest BCUT2D eigenvalue weighted by atomic mass is 9.78. The molecule has 1 aliphatic rings. The second kappa shape index (κ2) is 14.9. The van der Waals surface area contributed by atoms with Gasteiger partial charge in [0.15, 0.2) is 6.10 Å². The number of imidazole rings is 1. The van der Waals surface area contributed by atoms with Crippen molar-refractivity contribution in [1.29, 1.82) is 0 Å². The number of rotatable bonds is 13. The Morgan fingerprint density at radius 2 is 1.85 bits per heavy atom. The highest BCUT2D eigenvalue weighted by Gasteiger charge is 2.44. The second-order valence-corrected chi connectivity index (χ2v) is 12.5. The van der Waals surface area contributed by atoms with Crippen LogP contribution in [0.4, 0.5) is 13.2 Å². The molecule has 4 rings (SSSR count). The number of aromatic nitrogens is 2. The maximum Gasteiger partial charge on any atom is 0.303 e. The molecule has 2 N–H and O–H groups in total. The fraction of sp³-hybridized carbons (Fsp3) is 0.471. The minimum Gasteiger partial charge on any atom is -0.453 e. The molecule has 1 aromatic heterocycles. The Morgan fingerprint density at radius 3 is 2.48 bits per heavy atom. The first-order chi connectivity index (χ1) is 21.8. The zero-order valence-electron chi connectivity index (χ0n) is 26.9. The number of esters is 1. The van der Waals surface area contributed by atoms with Crippen LogP contribution in [-0.4, -0.2) is 70.7 Å². The molecule has 2 amide bonds. The van der Waals surface area contributed by atoms with Crippen LogP contribution in [0.5, 0.6) is 0 Å². The van der Waals surface area contributed by atoms with E-state index in [2.05, 4.69) is 10.6 Å². The van der Waals surface area contributed by atoms with Crippen LogP contribution >= 0.6 is 0 Å². The Kier molecular flexibility index (Phi) is 11.3. The third-order valence-electron chi connectivity index (χ3n) is 8.31. The molecule has 46 heavy (non-hydrogen) atoms. The van der Waals surface area contributed by atoms with E-state index in [0.717, 1.165) is 23.8 Å². The predicted molar refractivity (Wildman–Crippen MR) is 167 cm³/mol. The van der Waals surface area contributed by atoms with Crippen LogP contribution in [0.2, 0.25) is 0 Å². The maximum atomic E-state index is 15.1. The Balaban J connectivity index is 1.94. The van der Waals surface area contributed by atoms with E-state index in [-0.39, 0.29) is 43.3 Å². The van der Waals surface area contributed by atoms with Crippen LogP contribution in [0, 0.1) is 23.0 Å². The van der Waals surface area contributed by atoms with Gasteiger partial charge >= 0.3 is 5.97 Å². The summed E-state index contributed by atoms with van der Waals surface area (Å²) in [4.78, 5) is 44.3. The van der Waals surface area contributed by atoms with Crippen molar-refractivity contribution in [2.24, 2.45) is 11.3 Å². The van der Waals surface area contributed by atoms with E-state index in [1.54, 1.807) is 10.8 Å². The molecule has 1 saturated heterocycles. The summed E-state index contributed by atoms with van der Waals surface area (Å²) in [7, 11) is 0. The quantitative estimate of drug-likeness (QED) is 0.260. The monoisotopic (exact) mass is 641 g/mol. The summed E-state index contributed by atoms with van der Waals surface area (Å²) in [6, 6.07) is 11.7. The molecule has 3 aromatic rings. The number of ether oxygens (including phenoxy) is 1. The molecule has 1 aliphatic heterocycles. The lowest BCUT2D eigenvalue weighted by molar-refractivity contribution is -0.161. The Labute approximate surface area is 267 Å². The van der Waals surface area contributed by atoms with Crippen molar-refractivity contribution in [1.82, 2.24) is 25.1 Å². The molecule has 2 aromatic carbocycles. The van der Waals surface area contributed by atoms with Gasteiger partial charge in [0.2, 0.25) is 5.91 Å². The van der Waals surface area contributed by atoms with E-state index < -0.39 is 53.2 Å². The van der Waals surface area contributed by atoms with Gasteiger partial charge in [-0.15, -0.1) is 0 Å². The fourth-order valence-electron chi connectivity index (χ4n) is 5.98. The van der Waals surface area contributed by atoms with Crippen LogP contribution in [0.3, 0.4) is 0 Å². The summed E-state index contributed by atoms with van der Waals surface area (Å²) >= 11 is 0. The van der Waals surface area contributed by atoms with Crippen molar-refractivity contribution < 1.29 is 32.3 Å². The van der Waals surface area contributed by atoms with E-state index in [9.17, 15) is 18.8 Å². The minimum atomic E-state index is -1.23. The van der Waals surface area contributed by atoms with Gasteiger partial charge in [-0.25, -0.2) is 18.2 Å². The fourth-order valence-corrected chi connectivity index (χ4v) is 5.98. The number of hydrogen-bond acceptors (Lipinski definition) is 6. The van der Waals surface area contributed by atoms with Crippen molar-refractivity contribution in [3.05, 3.63) is 77.8 Å². The summed E-state index contributed by atoms with van der Waals surface area (Å²) in [6.45, 7) is 8.84. The highest BCUT2D eigenvalue weighted by molar-refractivity contribution is 5.83. The molecule has 248 valence electrons. The third kappa shape index (κ3) is 8.54. The van der Waals surface area contributed by atoms with Gasteiger partial charge < -0.3 is 24.8 Å². The maximum absolute atomic E-state index is 15.1. The number of amides is 2. The molecule has 2 heterocycles. The molecule has 4 atom stereocenters. The lowest BCUT2D eigenvalue weighted by Gasteiger charge is -2.43. The molecule has 0 aliphatic carbocycles. The minimum absolute atomic E-state index is 0.0330. The third-order valence-corrected chi connectivity index (χ3v) is 8.31. The van der Waals surface area contributed by atoms with Crippen molar-refractivity contribution in [3.8, 4) is 11.3 Å². The molecular weight excluding hydrogens is 599 g/mol. The number of carbonyl (C=O) groups excluding carboxylic acids is 3. The number of benzene rings is 2. The summed E-state index contributed by atoms with van der Waals surface area (Å²) in [5.74, 6) is -2.97. The van der Waals surface area contributed by atoms with E-state index >= 15 is 8.78 Å². The zero-order chi connectivity index (χ0) is 33.6. The summed E-state index contributed by atoms with van der Waals surface area (Å²) in [6.07, 6.45) is -0.448. The van der Waals surface area contributed by atoms with Crippen LogP contribution in [-0.2, 0) is 25.7 Å². The van der Waals surface area contributed by atoms with E-state index in [1.807, 2.05) is 44.2 Å². The number of hydrogen-bond donors (Lipinski definition) is 2. The molecule has 9 nitrogen and oxygen atoms in total. The zero-order valence-corrected chi connectivity index (χ0v) is 26.9. The van der Waals surface area contributed by atoms with Gasteiger partial charge in [0, 0.05) is 64.2 Å². The molecular formula is C34H42F3N5O4. The van der Waals surface area contributed by atoms with Gasteiger partial charge in [0.05, 0.1) is 11.7 Å². The molecule has 12 heteroatoms. The number of halogens is 3. The van der Waals surface area contributed by atoms with Crippen LogP contribution in [0.1, 0.15) is 58.5 Å². The average molecular weight is 642 g/mol. The van der Waals surface area contributed by atoms with E-state index in [4.69, 9.17) is 9.72 Å². The first-order valence-corrected chi connectivity index (χ1v) is 15.4. The first kappa shape index (κ1) is 34.7. The first-order valence-electron chi connectivity index (χ1n) is 15.4. The Bertz CT molecular complexity index is 1530. The van der Waals surface area contributed by atoms with Crippen LogP contribution in [0.15, 0.2) is 54.7 Å². The van der Waals surface area contributed by atoms with Crippen molar-refractivity contribution in [2.75, 3.05) is 26.2 Å². The van der Waals surface area contributed by atoms with Gasteiger partial charge in [0.1, 0.15) is 23.6 Å². The SMILES string of the molecule is CC(=O)NCCC(C)(C)C(c1nc(-c2cc(F)ccc2F)cn1Cc1ccccc1)N(CC1CNCC1F)C(=O)C(C)OC(C)=O. The second-order valence-electron chi connectivity index (χ2n) is 12.5. The van der Waals surface area contributed by atoms with Gasteiger partial charge in [0.25, 0.3) is 5.91 Å². The van der Waals surface area contributed by atoms with Crippen molar-refractivity contribution in [2.45, 2.75) is 65.9 Å². The standard InChI is InChI=1S/C34H42F3N5O4/c1-21(46-23(3)44)33(45)42(19-25-16-38-17-29(25)37)31(34(4,5)13-14-39-22(2)43)32-40-30(27-15-26(35)11-12-28(27)36)20-41(32)18-24-9-7-6-8-10-24/h6-12,15,20-21,25,29,31,38H,13-14,16-19H2,1-5H3,(H,39,43). The summed E-state index contributed by atoms with van der Waals surface area (Å²) in [5.41, 5.74) is 0.149. The number of nitrogens with zero attached hydrogens (tertiary/aromatic N) is 3. The van der Waals surface area contributed by atoms with Crippen LogP contribution < -0.4 is 10.6 Å². The normalized spacial score (nSPS) is 17.7. The Morgan fingerprint density at radius 1 is 1.13 bits per heavy atom. The molecule has 4 unspecified atom stereocenters. The van der Waals surface area contributed by atoms with Crippen LogP contribution in [0.25, 0.3) is 11.3 Å². The largest absolute Gasteiger partial charge is 0.453 e. The molecule has 0 bridgehead atoms. The number of nitrogens with one attached hydrogen (secondary N) is 2. The molecule has 0 radical (unpaired) electrons. The molecule has 1 fully saturated rings. The highest BCUT2D eigenvalue weighted by Crippen LogP contribution is 2.43. The van der Waals surface area contributed by atoms with Gasteiger partial charge in [-0.2, -0.15) is 0 Å². The number of carbonyl (C=O) groups is 3. The van der Waals surface area contributed by atoms with Crippen molar-refractivity contribution in [3.63, 3.8) is 0 Å². The van der Waals surface area contributed by atoms with Gasteiger partial charge in [-0.3, -0.25) is 14.4 Å². The lowest BCUT2D eigenvalue weighted by Crippen LogP contribution is -2.50. The van der Waals surface area contributed by atoms with E-state index in [0.29, 0.717) is 18.8 Å². The Hall–Kier alpha value is -4.19. The van der Waals surface area contributed by atoms with E-state index in [1.165, 1.54) is 25.7 Å². The summed E-state index contributed by atoms with van der Waals surface area (Å²) < 4.78 is 51.7. The average Bonchev–Trinajstić information content (AvgIpc) is 3.58. The predicted octanol–water partition coefficient (Wildman–Crippen LogP) is 4.81. The molecule has 0 spiro atoms. The highest BCUT2D eigenvalue weighted by atomic mass is 19.1. The van der Waals surface area contributed by atoms with Gasteiger partial charge in [-0.05, 0) is 42.5 Å². The summed E-state index contributed by atoms with van der Waals surface area (Å²) in [5, 5.41) is 5.83. The number of alkyl halides is 1. The smallest absolute Gasteiger partial charge is 0.303 e.